The summed E-state index contributed by atoms with van der Waals surface area (Å²) in [7, 11) is 2.97. The molecule has 164 valence electrons. The maximum absolute atomic E-state index is 13.0. The molecule has 0 unspecified atom stereocenters. The van der Waals surface area contributed by atoms with Crippen LogP contribution in [0.4, 0.5) is 0 Å². The number of rotatable bonds is 12. The Morgan fingerprint density at radius 3 is 2.38 bits per heavy atom. The summed E-state index contributed by atoms with van der Waals surface area (Å²) in [5, 5.41) is 4.09. The molecule has 0 spiro atoms. The zero-order valence-electron chi connectivity index (χ0n) is 18.7. The molecule has 7 heteroatoms. The molecular weight excluding hydrogens is 370 g/mol. The molecule has 0 saturated carbocycles. The normalized spacial score (nSPS) is 13.6. The number of hydroxylamine groups is 3. The minimum absolute atomic E-state index is 0.160. The molecule has 1 aromatic carbocycles. The zero-order valence-corrected chi connectivity index (χ0v) is 18.7. The highest BCUT2D eigenvalue weighted by atomic mass is 16.7. The second-order valence-electron chi connectivity index (χ2n) is 8.29. The van der Waals surface area contributed by atoms with Crippen LogP contribution in [-0.2, 0) is 25.9 Å². The van der Waals surface area contributed by atoms with Gasteiger partial charge in [0.2, 0.25) is 5.91 Å². The van der Waals surface area contributed by atoms with E-state index in [0.717, 1.165) is 29.9 Å². The van der Waals surface area contributed by atoms with Gasteiger partial charge in [0.25, 0.3) is 5.91 Å². The minimum Gasteiger partial charge on any atom is -0.343 e. The SMILES string of the molecule is CCCC[C@H](CNOCc1ccccc1)C(=O)N[C@H](C(=O)N(C)OC)C(C)(C)C. The monoisotopic (exact) mass is 407 g/mol. The van der Waals surface area contributed by atoms with Gasteiger partial charge in [-0.15, -0.1) is 0 Å². The average Bonchev–Trinajstić information content (AvgIpc) is 2.70. The fourth-order valence-corrected chi connectivity index (χ4v) is 2.83. The summed E-state index contributed by atoms with van der Waals surface area (Å²) in [4.78, 5) is 36.2. The first-order chi connectivity index (χ1) is 13.7. The van der Waals surface area contributed by atoms with Crippen LogP contribution in [0, 0.1) is 11.3 Å². The summed E-state index contributed by atoms with van der Waals surface area (Å²) in [5.41, 5.74) is 3.52. The van der Waals surface area contributed by atoms with Gasteiger partial charge in [0.05, 0.1) is 19.6 Å². The van der Waals surface area contributed by atoms with Crippen molar-refractivity contribution in [3.05, 3.63) is 35.9 Å². The third-order valence-corrected chi connectivity index (χ3v) is 4.77. The van der Waals surface area contributed by atoms with E-state index in [9.17, 15) is 9.59 Å². The predicted octanol–water partition coefficient (Wildman–Crippen LogP) is 3.06. The molecule has 1 aromatic rings. The minimum atomic E-state index is -0.686. The molecule has 0 heterocycles. The van der Waals surface area contributed by atoms with Crippen molar-refractivity contribution in [1.82, 2.24) is 15.9 Å². The van der Waals surface area contributed by atoms with Crippen molar-refractivity contribution in [3.8, 4) is 0 Å². The summed E-state index contributed by atoms with van der Waals surface area (Å²) in [6.45, 7) is 8.64. The van der Waals surface area contributed by atoms with E-state index < -0.39 is 11.5 Å². The molecule has 0 fully saturated rings. The lowest BCUT2D eigenvalue weighted by atomic mass is 9.85. The number of amides is 2. The van der Waals surface area contributed by atoms with Crippen molar-refractivity contribution in [1.29, 1.82) is 0 Å². The third kappa shape index (κ3) is 8.94. The maximum atomic E-state index is 13.0. The van der Waals surface area contributed by atoms with Gasteiger partial charge in [-0.1, -0.05) is 70.9 Å². The highest BCUT2D eigenvalue weighted by Crippen LogP contribution is 2.22. The Morgan fingerprint density at radius 1 is 1.17 bits per heavy atom. The molecule has 29 heavy (non-hydrogen) atoms. The van der Waals surface area contributed by atoms with E-state index in [-0.39, 0.29) is 17.7 Å². The van der Waals surface area contributed by atoms with Crippen LogP contribution in [0.5, 0.6) is 0 Å². The van der Waals surface area contributed by atoms with Crippen LogP contribution in [0.1, 0.15) is 52.5 Å². The van der Waals surface area contributed by atoms with Crippen LogP contribution >= 0.6 is 0 Å². The lowest BCUT2D eigenvalue weighted by Crippen LogP contribution is -2.55. The first kappa shape index (κ1) is 25.1. The van der Waals surface area contributed by atoms with Crippen molar-refractivity contribution in [2.45, 2.75) is 59.6 Å². The number of benzene rings is 1. The zero-order chi connectivity index (χ0) is 21.9. The Morgan fingerprint density at radius 2 is 1.83 bits per heavy atom. The number of unbranched alkanes of at least 4 members (excludes halogenated alkanes) is 1. The average molecular weight is 408 g/mol. The van der Waals surface area contributed by atoms with E-state index in [0.29, 0.717) is 13.2 Å². The van der Waals surface area contributed by atoms with Crippen molar-refractivity contribution in [2.75, 3.05) is 20.7 Å². The quantitative estimate of drug-likeness (QED) is 0.411. The molecular formula is C22H37N3O4. The fourth-order valence-electron chi connectivity index (χ4n) is 2.83. The topological polar surface area (TPSA) is 79.9 Å². The van der Waals surface area contributed by atoms with Crippen LogP contribution in [0.25, 0.3) is 0 Å². The summed E-state index contributed by atoms with van der Waals surface area (Å²) < 4.78 is 0. The first-order valence-electron chi connectivity index (χ1n) is 10.2. The van der Waals surface area contributed by atoms with Gasteiger partial charge in [-0.3, -0.25) is 19.3 Å². The first-order valence-corrected chi connectivity index (χ1v) is 10.2. The molecule has 2 amide bonds. The van der Waals surface area contributed by atoms with Crippen LogP contribution < -0.4 is 10.8 Å². The molecule has 2 N–H and O–H groups in total. The Bertz CT molecular complexity index is 616. The molecule has 0 aliphatic carbocycles. The highest BCUT2D eigenvalue weighted by Gasteiger charge is 2.36. The predicted molar refractivity (Wildman–Crippen MR) is 113 cm³/mol. The summed E-state index contributed by atoms with van der Waals surface area (Å²) in [5.74, 6) is -0.737. The van der Waals surface area contributed by atoms with Gasteiger partial charge in [0.15, 0.2) is 0 Å². The van der Waals surface area contributed by atoms with Crippen molar-refractivity contribution < 1.29 is 19.3 Å². The van der Waals surface area contributed by atoms with Gasteiger partial charge in [0.1, 0.15) is 6.04 Å². The number of nitrogens with zero attached hydrogens (tertiary/aromatic N) is 1. The van der Waals surface area contributed by atoms with Crippen molar-refractivity contribution in [3.63, 3.8) is 0 Å². The summed E-state index contributed by atoms with van der Waals surface area (Å²) in [6.07, 6.45) is 2.63. The van der Waals surface area contributed by atoms with Gasteiger partial charge < -0.3 is 5.32 Å². The third-order valence-electron chi connectivity index (χ3n) is 4.77. The summed E-state index contributed by atoms with van der Waals surface area (Å²) >= 11 is 0. The smallest absolute Gasteiger partial charge is 0.268 e. The van der Waals surface area contributed by atoms with E-state index in [1.807, 2.05) is 51.1 Å². The van der Waals surface area contributed by atoms with Crippen LogP contribution in [-0.4, -0.2) is 43.6 Å². The fraction of sp³-hybridized carbons (Fsp3) is 0.636. The van der Waals surface area contributed by atoms with Gasteiger partial charge in [-0.05, 0) is 17.4 Å². The highest BCUT2D eigenvalue weighted by molar-refractivity contribution is 5.88. The van der Waals surface area contributed by atoms with Crippen molar-refractivity contribution >= 4 is 11.8 Å². The number of hydrogen-bond donors (Lipinski definition) is 2. The van der Waals surface area contributed by atoms with Gasteiger partial charge in [-0.2, -0.15) is 0 Å². The van der Waals surface area contributed by atoms with Gasteiger partial charge in [0, 0.05) is 13.6 Å². The molecule has 0 radical (unpaired) electrons. The molecule has 0 aliphatic heterocycles. The van der Waals surface area contributed by atoms with E-state index in [1.54, 1.807) is 7.05 Å². The van der Waals surface area contributed by atoms with Gasteiger partial charge in [-0.25, -0.2) is 10.5 Å². The molecule has 0 saturated heterocycles. The lowest BCUT2D eigenvalue weighted by Gasteiger charge is -2.33. The van der Waals surface area contributed by atoms with Crippen molar-refractivity contribution in [2.24, 2.45) is 11.3 Å². The number of carbonyl (C=O) groups excluding carboxylic acids is 2. The number of likely N-dealkylation sites (N-methyl/N-ethyl adjacent to an activating group) is 1. The molecule has 0 aliphatic rings. The van der Waals surface area contributed by atoms with Crippen LogP contribution in [0.15, 0.2) is 30.3 Å². The van der Waals surface area contributed by atoms with E-state index in [4.69, 9.17) is 9.68 Å². The standard InChI is InChI=1S/C22H37N3O4/c1-7-8-14-18(15-23-29-16-17-12-10-9-11-13-17)20(26)24-19(22(2,3)4)21(27)25(5)28-6/h9-13,18-19,23H,7-8,14-16H2,1-6H3,(H,24,26)/t18-,19-/m1/s1. The van der Waals surface area contributed by atoms with E-state index in [2.05, 4.69) is 17.7 Å². The summed E-state index contributed by atoms with van der Waals surface area (Å²) in [6, 6.07) is 9.14. The lowest BCUT2D eigenvalue weighted by molar-refractivity contribution is -0.174. The Hall–Kier alpha value is -1.96. The second-order valence-corrected chi connectivity index (χ2v) is 8.29. The molecule has 1 rings (SSSR count). The van der Waals surface area contributed by atoms with Crippen LogP contribution in [0.2, 0.25) is 0 Å². The maximum Gasteiger partial charge on any atom is 0.268 e. The van der Waals surface area contributed by atoms with Crippen LogP contribution in [0.3, 0.4) is 0 Å². The van der Waals surface area contributed by atoms with E-state index in [1.165, 1.54) is 7.11 Å². The number of carbonyl (C=O) groups is 2. The van der Waals surface area contributed by atoms with Gasteiger partial charge >= 0.3 is 0 Å². The second kappa shape index (κ2) is 12.6. The number of nitrogens with one attached hydrogen (secondary N) is 2. The Balaban J connectivity index is 2.70. The number of hydrogen-bond acceptors (Lipinski definition) is 5. The molecule has 7 nitrogen and oxygen atoms in total. The Labute approximate surface area is 175 Å². The molecule has 2 atom stereocenters. The molecule has 0 bridgehead atoms. The largest absolute Gasteiger partial charge is 0.343 e. The van der Waals surface area contributed by atoms with E-state index >= 15 is 0 Å². The Kier molecular flexibility index (Phi) is 10.9. The molecule has 0 aromatic heterocycles.